The van der Waals surface area contributed by atoms with Gasteiger partial charge in [-0.05, 0) is 54.1 Å². The summed E-state index contributed by atoms with van der Waals surface area (Å²) in [5.74, 6) is 0.129. The maximum atomic E-state index is 11.7. The largest absolute Gasteiger partial charge is 0.497 e. The third kappa shape index (κ3) is 4.99. The minimum absolute atomic E-state index is 0.0453. The molecule has 0 fully saturated rings. The molecule has 9 heteroatoms. The lowest BCUT2D eigenvalue weighted by Crippen LogP contribution is -1.98. The number of hydrogen-bond donors (Lipinski definition) is 1. The van der Waals surface area contributed by atoms with Crippen LogP contribution in [-0.4, -0.2) is 28.1 Å². The summed E-state index contributed by atoms with van der Waals surface area (Å²) in [6.07, 6.45) is 1.13. The lowest BCUT2D eigenvalue weighted by molar-refractivity contribution is -0.385. The Bertz CT molecular complexity index is 1320. The van der Waals surface area contributed by atoms with E-state index in [1.165, 1.54) is 25.3 Å². The van der Waals surface area contributed by atoms with Gasteiger partial charge in [0, 0.05) is 11.6 Å². The number of nitro benzene ring substituents is 1. The average Bonchev–Trinajstić information content (AvgIpc) is 3.24. The van der Waals surface area contributed by atoms with Crippen LogP contribution in [0.2, 0.25) is 0 Å². The molecule has 1 heterocycles. The molecule has 1 aromatic heterocycles. The zero-order valence-electron chi connectivity index (χ0n) is 17.4. The van der Waals surface area contributed by atoms with Crippen LogP contribution < -0.4 is 9.47 Å². The summed E-state index contributed by atoms with van der Waals surface area (Å²) in [4.78, 5) is 26.9. The van der Waals surface area contributed by atoms with E-state index >= 15 is 0 Å². The van der Waals surface area contributed by atoms with Crippen molar-refractivity contribution in [1.29, 1.82) is 0 Å². The van der Waals surface area contributed by atoms with Gasteiger partial charge in [-0.2, -0.15) is 0 Å². The zero-order valence-corrected chi connectivity index (χ0v) is 17.4. The van der Waals surface area contributed by atoms with Crippen LogP contribution in [0.1, 0.15) is 17.9 Å². The number of aliphatic carboxylic acids is 1. The predicted octanol–water partition coefficient (Wildman–Crippen LogP) is 5.55. The standard InChI is InChI=1S/C24H18N2O7/c1-31-17-7-9-18(10-8-17)32-22-11-6-15(13-20(22)26(29)30)12-16(14-23(27)28)24-25-19-4-2-3-5-21(19)33-24/h2-13H,14H2,1H3,(H,27,28). The van der Waals surface area contributed by atoms with E-state index in [1.807, 2.05) is 0 Å². The fourth-order valence-corrected chi connectivity index (χ4v) is 3.19. The Morgan fingerprint density at radius 2 is 1.85 bits per heavy atom. The molecule has 0 unspecified atom stereocenters. The first-order valence-electron chi connectivity index (χ1n) is 9.81. The van der Waals surface area contributed by atoms with Gasteiger partial charge < -0.3 is 19.0 Å². The van der Waals surface area contributed by atoms with Crippen LogP contribution in [0.15, 0.2) is 71.1 Å². The number of fused-ring (bicyclic) bond motifs is 1. The zero-order chi connectivity index (χ0) is 23.4. The van der Waals surface area contributed by atoms with Crippen molar-refractivity contribution >= 4 is 34.4 Å². The van der Waals surface area contributed by atoms with Crippen LogP contribution in [0.25, 0.3) is 22.7 Å². The summed E-state index contributed by atoms with van der Waals surface area (Å²) in [6.45, 7) is 0. The van der Waals surface area contributed by atoms with Gasteiger partial charge in [0.25, 0.3) is 0 Å². The number of oxazole rings is 1. The summed E-state index contributed by atoms with van der Waals surface area (Å²) in [6, 6.07) is 18.0. The molecule has 0 radical (unpaired) electrons. The van der Waals surface area contributed by atoms with Crippen molar-refractivity contribution in [2.75, 3.05) is 7.11 Å². The van der Waals surface area contributed by atoms with E-state index in [2.05, 4.69) is 4.98 Å². The molecular weight excluding hydrogens is 428 g/mol. The molecule has 4 rings (SSSR count). The van der Waals surface area contributed by atoms with E-state index in [4.69, 9.17) is 13.9 Å². The molecule has 0 saturated carbocycles. The molecule has 0 spiro atoms. The van der Waals surface area contributed by atoms with Crippen LogP contribution >= 0.6 is 0 Å². The number of carboxylic acid groups (broad SMARTS) is 1. The van der Waals surface area contributed by atoms with Gasteiger partial charge in [0.2, 0.25) is 11.6 Å². The lowest BCUT2D eigenvalue weighted by Gasteiger charge is -2.08. The monoisotopic (exact) mass is 446 g/mol. The first kappa shape index (κ1) is 21.6. The number of benzene rings is 3. The third-order valence-corrected chi connectivity index (χ3v) is 4.72. The SMILES string of the molecule is COc1ccc(Oc2ccc(C=C(CC(=O)O)c3nc4ccccc4o3)cc2[N+](=O)[O-])cc1. The number of para-hydroxylation sites is 2. The fraction of sp³-hybridized carbons (Fsp3) is 0.0833. The highest BCUT2D eigenvalue weighted by atomic mass is 16.6. The van der Waals surface area contributed by atoms with E-state index < -0.39 is 10.9 Å². The third-order valence-electron chi connectivity index (χ3n) is 4.72. The minimum Gasteiger partial charge on any atom is -0.497 e. The Morgan fingerprint density at radius 1 is 1.12 bits per heavy atom. The van der Waals surface area contributed by atoms with E-state index in [1.54, 1.807) is 54.6 Å². The quantitative estimate of drug-likeness (QED) is 0.276. The number of hydrogen-bond acceptors (Lipinski definition) is 7. The number of carboxylic acids is 1. The Morgan fingerprint density at radius 3 is 2.52 bits per heavy atom. The van der Waals surface area contributed by atoms with Crippen molar-refractivity contribution < 1.29 is 28.7 Å². The van der Waals surface area contributed by atoms with Crippen LogP contribution in [0.4, 0.5) is 5.69 Å². The van der Waals surface area contributed by atoms with Crippen LogP contribution in [-0.2, 0) is 4.79 Å². The van der Waals surface area contributed by atoms with Gasteiger partial charge in [0.15, 0.2) is 5.58 Å². The molecule has 9 nitrogen and oxygen atoms in total. The normalized spacial score (nSPS) is 11.4. The van der Waals surface area contributed by atoms with Crippen molar-refractivity contribution in [3.63, 3.8) is 0 Å². The lowest BCUT2D eigenvalue weighted by atomic mass is 10.1. The Balaban J connectivity index is 1.70. The van der Waals surface area contributed by atoms with Crippen LogP contribution in [0.5, 0.6) is 17.2 Å². The summed E-state index contributed by atoms with van der Waals surface area (Å²) < 4.78 is 16.5. The molecule has 0 bridgehead atoms. The average molecular weight is 446 g/mol. The molecule has 1 N–H and O–H groups in total. The molecule has 166 valence electrons. The second-order valence-corrected chi connectivity index (χ2v) is 6.99. The number of rotatable bonds is 8. The molecule has 3 aromatic carbocycles. The molecule has 0 amide bonds. The molecular formula is C24H18N2O7. The molecule has 4 aromatic rings. The van der Waals surface area contributed by atoms with E-state index in [0.717, 1.165) is 0 Å². The number of carbonyl (C=O) groups is 1. The number of methoxy groups -OCH3 is 1. The van der Waals surface area contributed by atoms with Gasteiger partial charge in [-0.25, -0.2) is 4.98 Å². The maximum absolute atomic E-state index is 11.7. The summed E-state index contributed by atoms with van der Waals surface area (Å²) in [5.41, 5.74) is 1.50. The van der Waals surface area contributed by atoms with Gasteiger partial charge in [0.05, 0.1) is 18.5 Å². The molecule has 0 aliphatic rings. The topological polar surface area (TPSA) is 125 Å². The van der Waals surface area contributed by atoms with Crippen LogP contribution in [0.3, 0.4) is 0 Å². The van der Waals surface area contributed by atoms with Crippen molar-refractivity contribution in [1.82, 2.24) is 4.98 Å². The molecule has 0 saturated heterocycles. The van der Waals surface area contributed by atoms with Crippen molar-refractivity contribution in [3.05, 3.63) is 88.3 Å². The van der Waals surface area contributed by atoms with E-state index in [0.29, 0.717) is 28.2 Å². The first-order valence-corrected chi connectivity index (χ1v) is 9.81. The fourth-order valence-electron chi connectivity index (χ4n) is 3.19. The summed E-state index contributed by atoms with van der Waals surface area (Å²) in [5, 5.41) is 21.0. The summed E-state index contributed by atoms with van der Waals surface area (Å²) >= 11 is 0. The van der Waals surface area contributed by atoms with Crippen LogP contribution in [0, 0.1) is 10.1 Å². The number of aromatic nitrogens is 1. The van der Waals surface area contributed by atoms with Gasteiger partial charge in [-0.3, -0.25) is 14.9 Å². The smallest absolute Gasteiger partial charge is 0.312 e. The number of nitro groups is 1. The number of ether oxygens (including phenoxy) is 2. The second-order valence-electron chi connectivity index (χ2n) is 6.99. The Kier molecular flexibility index (Phi) is 6.03. The van der Waals surface area contributed by atoms with Crippen molar-refractivity contribution in [3.8, 4) is 17.2 Å². The maximum Gasteiger partial charge on any atom is 0.312 e. The van der Waals surface area contributed by atoms with Gasteiger partial charge in [-0.15, -0.1) is 0 Å². The van der Waals surface area contributed by atoms with E-state index in [-0.39, 0.29) is 29.3 Å². The molecule has 0 aliphatic carbocycles. The highest BCUT2D eigenvalue weighted by molar-refractivity contribution is 5.91. The first-order chi connectivity index (χ1) is 15.9. The van der Waals surface area contributed by atoms with Crippen molar-refractivity contribution in [2.45, 2.75) is 6.42 Å². The Labute approximate surface area is 187 Å². The minimum atomic E-state index is -1.09. The number of nitrogens with zero attached hydrogens (tertiary/aromatic N) is 2. The molecule has 33 heavy (non-hydrogen) atoms. The summed E-state index contributed by atoms with van der Waals surface area (Å²) in [7, 11) is 1.53. The highest BCUT2D eigenvalue weighted by Crippen LogP contribution is 2.34. The molecule has 0 atom stereocenters. The highest BCUT2D eigenvalue weighted by Gasteiger charge is 2.19. The van der Waals surface area contributed by atoms with Crippen molar-refractivity contribution in [2.24, 2.45) is 0 Å². The van der Waals surface area contributed by atoms with Gasteiger partial charge in [-0.1, -0.05) is 18.2 Å². The van der Waals surface area contributed by atoms with E-state index in [9.17, 15) is 20.0 Å². The Hall–Kier alpha value is -4.66. The van der Waals surface area contributed by atoms with Gasteiger partial charge >= 0.3 is 11.7 Å². The van der Waals surface area contributed by atoms with Gasteiger partial charge in [0.1, 0.15) is 17.0 Å². The second kappa shape index (κ2) is 9.23. The predicted molar refractivity (Wildman–Crippen MR) is 120 cm³/mol. The molecule has 0 aliphatic heterocycles.